The Balaban J connectivity index is 2.19. The highest BCUT2D eigenvalue weighted by Crippen LogP contribution is 2.39. The normalized spacial score (nSPS) is 19.2. The summed E-state index contributed by atoms with van der Waals surface area (Å²) in [4.78, 5) is 26.2. The highest BCUT2D eigenvalue weighted by atomic mass is 16.3. The standard InChI is InChI=1S/C20H19NO5/c1-12-5-7-13(8-6-12)18(24)16-17(14-3-2-4-15(23)11-14)21(9-10-22)20(26)19(16)25/h2-8,11,17,22-24H,9-10H2,1H3/b18-16-. The Morgan fingerprint density at radius 3 is 2.42 bits per heavy atom. The van der Waals surface area contributed by atoms with E-state index >= 15 is 0 Å². The molecule has 1 fully saturated rings. The van der Waals surface area contributed by atoms with E-state index in [4.69, 9.17) is 0 Å². The number of aromatic hydroxyl groups is 1. The number of β-amino-alcohol motifs (C(OH)–C–C–N with tert-alkyl or cyclic N) is 1. The monoisotopic (exact) mass is 353 g/mol. The van der Waals surface area contributed by atoms with Crippen molar-refractivity contribution in [3.8, 4) is 5.75 Å². The fraction of sp³-hybridized carbons (Fsp3) is 0.200. The molecule has 0 spiro atoms. The molecule has 2 aromatic carbocycles. The third-order valence-electron chi connectivity index (χ3n) is 4.39. The van der Waals surface area contributed by atoms with Crippen molar-refractivity contribution < 1.29 is 24.9 Å². The summed E-state index contributed by atoms with van der Waals surface area (Å²) >= 11 is 0. The predicted molar refractivity (Wildman–Crippen MR) is 95.4 cm³/mol. The topological polar surface area (TPSA) is 98.1 Å². The molecule has 6 nitrogen and oxygen atoms in total. The Labute approximate surface area is 150 Å². The van der Waals surface area contributed by atoms with Gasteiger partial charge in [0.2, 0.25) is 0 Å². The van der Waals surface area contributed by atoms with Crippen molar-refractivity contribution in [1.29, 1.82) is 0 Å². The van der Waals surface area contributed by atoms with Crippen LogP contribution in [-0.2, 0) is 9.59 Å². The summed E-state index contributed by atoms with van der Waals surface area (Å²) < 4.78 is 0. The first-order chi connectivity index (χ1) is 12.4. The smallest absolute Gasteiger partial charge is 0.295 e. The molecule has 0 bridgehead atoms. The van der Waals surface area contributed by atoms with Crippen LogP contribution in [0.3, 0.4) is 0 Å². The van der Waals surface area contributed by atoms with Gasteiger partial charge < -0.3 is 20.2 Å². The fourth-order valence-electron chi connectivity index (χ4n) is 3.13. The van der Waals surface area contributed by atoms with Gasteiger partial charge in [0.25, 0.3) is 11.7 Å². The van der Waals surface area contributed by atoms with Gasteiger partial charge in [0.15, 0.2) is 0 Å². The molecule has 0 saturated carbocycles. The van der Waals surface area contributed by atoms with Gasteiger partial charge in [-0.3, -0.25) is 9.59 Å². The highest BCUT2D eigenvalue weighted by Gasteiger charge is 2.45. The van der Waals surface area contributed by atoms with Gasteiger partial charge in [-0.2, -0.15) is 0 Å². The molecule has 3 N–H and O–H groups in total. The van der Waals surface area contributed by atoms with Gasteiger partial charge in [0.1, 0.15) is 11.5 Å². The number of hydrogen-bond donors (Lipinski definition) is 3. The maximum atomic E-state index is 12.6. The van der Waals surface area contributed by atoms with Gasteiger partial charge in [-0.15, -0.1) is 0 Å². The number of carbonyl (C=O) groups excluding carboxylic acids is 2. The minimum Gasteiger partial charge on any atom is -0.508 e. The van der Waals surface area contributed by atoms with Gasteiger partial charge >= 0.3 is 0 Å². The molecule has 1 saturated heterocycles. The second-order valence-corrected chi connectivity index (χ2v) is 6.18. The van der Waals surface area contributed by atoms with E-state index in [1.165, 1.54) is 17.0 Å². The lowest BCUT2D eigenvalue weighted by Gasteiger charge is -2.24. The van der Waals surface area contributed by atoms with Crippen molar-refractivity contribution in [2.75, 3.05) is 13.2 Å². The van der Waals surface area contributed by atoms with Crippen LogP contribution in [0.5, 0.6) is 5.75 Å². The number of nitrogens with zero attached hydrogens (tertiary/aromatic N) is 1. The van der Waals surface area contributed by atoms with Crippen LogP contribution in [0.25, 0.3) is 5.76 Å². The Hall–Kier alpha value is -3.12. The average Bonchev–Trinajstić information content (AvgIpc) is 2.87. The summed E-state index contributed by atoms with van der Waals surface area (Å²) in [6.07, 6.45) is 0. The summed E-state index contributed by atoms with van der Waals surface area (Å²) in [6.45, 7) is 1.51. The number of likely N-dealkylation sites (tertiary alicyclic amines) is 1. The number of Topliss-reactive ketones (excluding diaryl/α,β-unsaturated/α-hetero) is 1. The van der Waals surface area contributed by atoms with Crippen molar-refractivity contribution in [3.05, 3.63) is 70.8 Å². The van der Waals surface area contributed by atoms with E-state index in [2.05, 4.69) is 0 Å². The van der Waals surface area contributed by atoms with Crippen LogP contribution in [-0.4, -0.2) is 45.1 Å². The van der Waals surface area contributed by atoms with E-state index in [1.54, 1.807) is 36.4 Å². The first-order valence-corrected chi connectivity index (χ1v) is 8.19. The average molecular weight is 353 g/mol. The molecule has 1 unspecified atom stereocenters. The molecule has 2 aromatic rings. The largest absolute Gasteiger partial charge is 0.508 e. The van der Waals surface area contributed by atoms with E-state index < -0.39 is 17.7 Å². The number of aliphatic hydroxyl groups is 2. The van der Waals surface area contributed by atoms with Crippen LogP contribution in [0.1, 0.15) is 22.7 Å². The summed E-state index contributed by atoms with van der Waals surface area (Å²) in [7, 11) is 0. The van der Waals surface area contributed by atoms with E-state index in [1.807, 2.05) is 6.92 Å². The number of phenolic OH excluding ortho intramolecular Hbond substituents is 1. The summed E-state index contributed by atoms with van der Waals surface area (Å²) in [5.74, 6) is -1.91. The van der Waals surface area contributed by atoms with Crippen LogP contribution in [0.2, 0.25) is 0 Å². The lowest BCUT2D eigenvalue weighted by atomic mass is 9.95. The number of benzene rings is 2. The number of rotatable bonds is 4. The summed E-state index contributed by atoms with van der Waals surface area (Å²) in [5.41, 5.74) is 1.83. The maximum Gasteiger partial charge on any atom is 0.295 e. The molecule has 1 atom stereocenters. The highest BCUT2D eigenvalue weighted by molar-refractivity contribution is 6.46. The van der Waals surface area contributed by atoms with Crippen LogP contribution in [0, 0.1) is 6.92 Å². The Kier molecular flexibility index (Phi) is 4.77. The second kappa shape index (κ2) is 7.01. The van der Waals surface area contributed by atoms with E-state index in [0.29, 0.717) is 11.1 Å². The Morgan fingerprint density at radius 1 is 1.12 bits per heavy atom. The third kappa shape index (κ3) is 3.07. The number of aryl methyl sites for hydroxylation is 1. The molecule has 1 aliphatic heterocycles. The lowest BCUT2D eigenvalue weighted by molar-refractivity contribution is -0.140. The van der Waals surface area contributed by atoms with Crippen LogP contribution < -0.4 is 0 Å². The SMILES string of the molecule is Cc1ccc(/C(O)=C2/C(=O)C(=O)N(CCO)C2c2cccc(O)c2)cc1. The molecule has 6 heteroatoms. The lowest BCUT2D eigenvalue weighted by Crippen LogP contribution is -2.32. The van der Waals surface area contributed by atoms with Gasteiger partial charge in [-0.25, -0.2) is 0 Å². The number of phenols is 1. The quantitative estimate of drug-likeness (QED) is 0.444. The number of hydrogen-bond acceptors (Lipinski definition) is 5. The zero-order valence-corrected chi connectivity index (χ0v) is 14.2. The molecule has 1 amide bonds. The van der Waals surface area contributed by atoms with E-state index in [-0.39, 0.29) is 30.2 Å². The van der Waals surface area contributed by atoms with Crippen molar-refractivity contribution in [1.82, 2.24) is 4.90 Å². The molecule has 1 heterocycles. The van der Waals surface area contributed by atoms with Gasteiger partial charge in [0, 0.05) is 12.1 Å². The van der Waals surface area contributed by atoms with E-state index in [9.17, 15) is 24.9 Å². The maximum absolute atomic E-state index is 12.6. The van der Waals surface area contributed by atoms with Crippen LogP contribution >= 0.6 is 0 Å². The molecule has 0 radical (unpaired) electrons. The number of ketones is 1. The Morgan fingerprint density at radius 2 is 1.81 bits per heavy atom. The van der Waals surface area contributed by atoms with Crippen molar-refractivity contribution in [2.45, 2.75) is 13.0 Å². The molecule has 1 aliphatic rings. The molecular weight excluding hydrogens is 334 g/mol. The first-order valence-electron chi connectivity index (χ1n) is 8.19. The summed E-state index contributed by atoms with van der Waals surface area (Å²) in [5, 5.41) is 29.8. The number of carbonyl (C=O) groups is 2. The molecule has 3 rings (SSSR count). The number of amides is 1. The Bertz CT molecular complexity index is 885. The predicted octanol–water partition coefficient (Wildman–Crippen LogP) is 2.11. The zero-order chi connectivity index (χ0) is 18.8. The van der Waals surface area contributed by atoms with Gasteiger partial charge in [-0.05, 0) is 24.6 Å². The summed E-state index contributed by atoms with van der Waals surface area (Å²) in [6, 6.07) is 12.2. The fourth-order valence-corrected chi connectivity index (χ4v) is 3.13. The number of aliphatic hydroxyl groups excluding tert-OH is 2. The first kappa shape index (κ1) is 17.7. The van der Waals surface area contributed by atoms with Gasteiger partial charge in [-0.1, -0.05) is 42.0 Å². The second-order valence-electron chi connectivity index (χ2n) is 6.18. The van der Waals surface area contributed by atoms with E-state index in [0.717, 1.165) is 5.56 Å². The molecular formula is C20H19NO5. The van der Waals surface area contributed by atoms with Gasteiger partial charge in [0.05, 0.1) is 18.2 Å². The minimum atomic E-state index is -0.879. The van der Waals surface area contributed by atoms with Crippen LogP contribution in [0.4, 0.5) is 0 Å². The zero-order valence-electron chi connectivity index (χ0n) is 14.2. The third-order valence-corrected chi connectivity index (χ3v) is 4.39. The van der Waals surface area contributed by atoms with Crippen molar-refractivity contribution >= 4 is 17.4 Å². The molecule has 0 aromatic heterocycles. The minimum absolute atomic E-state index is 0.0209. The molecule has 0 aliphatic carbocycles. The molecule has 134 valence electrons. The van der Waals surface area contributed by atoms with Crippen molar-refractivity contribution in [3.63, 3.8) is 0 Å². The van der Waals surface area contributed by atoms with Crippen molar-refractivity contribution in [2.24, 2.45) is 0 Å². The molecule has 26 heavy (non-hydrogen) atoms. The van der Waals surface area contributed by atoms with Crippen LogP contribution in [0.15, 0.2) is 54.1 Å².